The van der Waals surface area contributed by atoms with Gasteiger partial charge in [-0.15, -0.1) is 0 Å². The summed E-state index contributed by atoms with van der Waals surface area (Å²) in [4.78, 5) is 12.1. The molecule has 3 aromatic rings. The summed E-state index contributed by atoms with van der Waals surface area (Å²) in [5.41, 5.74) is 1.45. The minimum Gasteiger partial charge on any atom is -0.468 e. The van der Waals surface area contributed by atoms with Crippen LogP contribution in [-0.2, 0) is 19.4 Å². The Bertz CT molecular complexity index is 1060. The Morgan fingerprint density at radius 1 is 1.18 bits per heavy atom. The first-order chi connectivity index (χ1) is 13.4. The minimum atomic E-state index is -3.55. The van der Waals surface area contributed by atoms with Crippen molar-refractivity contribution >= 4 is 44.9 Å². The summed E-state index contributed by atoms with van der Waals surface area (Å²) in [6.45, 7) is 2.66. The van der Waals surface area contributed by atoms with Gasteiger partial charge in [0, 0.05) is 22.1 Å². The van der Waals surface area contributed by atoms with E-state index in [0.29, 0.717) is 29.0 Å². The van der Waals surface area contributed by atoms with Crippen molar-refractivity contribution in [1.29, 1.82) is 0 Å². The lowest BCUT2D eigenvalue weighted by Gasteiger charge is -2.00. The van der Waals surface area contributed by atoms with Crippen molar-refractivity contribution in [1.82, 2.24) is 4.98 Å². The fraction of sp³-hybridized carbons (Fsp3) is 0.150. The highest BCUT2D eigenvalue weighted by Crippen LogP contribution is 2.24. The Kier molecular flexibility index (Phi) is 7.78. The lowest BCUT2D eigenvalue weighted by atomic mass is 10.2. The van der Waals surface area contributed by atoms with Crippen LogP contribution in [-0.4, -0.2) is 32.2 Å². The van der Waals surface area contributed by atoms with Gasteiger partial charge in [0.2, 0.25) is 0 Å². The SMILES string of the molecule is CCOC=O.O=S(=O)(CC=Cc1ccc(Cl)cc1)c1c[nH]c2ccc(F)cc12. The van der Waals surface area contributed by atoms with Crippen LogP contribution in [0.15, 0.2) is 59.6 Å². The molecule has 2 aromatic carbocycles. The Morgan fingerprint density at radius 2 is 1.89 bits per heavy atom. The topological polar surface area (TPSA) is 76.2 Å². The van der Waals surface area contributed by atoms with E-state index >= 15 is 0 Å². The van der Waals surface area contributed by atoms with E-state index in [1.807, 2.05) is 0 Å². The summed E-state index contributed by atoms with van der Waals surface area (Å²) in [6, 6.07) is 11.1. The first-order valence-electron chi connectivity index (χ1n) is 8.34. The van der Waals surface area contributed by atoms with Gasteiger partial charge in [-0.3, -0.25) is 4.79 Å². The highest BCUT2D eigenvalue weighted by atomic mass is 35.5. The van der Waals surface area contributed by atoms with E-state index in [1.54, 1.807) is 43.3 Å². The zero-order valence-corrected chi connectivity index (χ0v) is 16.6. The fourth-order valence-electron chi connectivity index (χ4n) is 2.37. The maximum absolute atomic E-state index is 13.4. The average Bonchev–Trinajstić information content (AvgIpc) is 3.08. The highest BCUT2D eigenvalue weighted by molar-refractivity contribution is 7.91. The molecule has 3 rings (SSSR count). The van der Waals surface area contributed by atoms with E-state index < -0.39 is 15.7 Å². The van der Waals surface area contributed by atoms with Gasteiger partial charge in [0.15, 0.2) is 9.84 Å². The van der Waals surface area contributed by atoms with Gasteiger partial charge in [-0.25, -0.2) is 12.8 Å². The molecule has 0 aliphatic rings. The number of benzene rings is 2. The fourth-order valence-corrected chi connectivity index (χ4v) is 3.76. The van der Waals surface area contributed by atoms with Gasteiger partial charge in [-0.1, -0.05) is 35.9 Å². The quantitative estimate of drug-likeness (QED) is 0.586. The maximum atomic E-state index is 13.4. The molecule has 0 saturated carbocycles. The van der Waals surface area contributed by atoms with E-state index in [2.05, 4.69) is 9.72 Å². The molecule has 28 heavy (non-hydrogen) atoms. The first kappa shape index (κ1) is 21.7. The van der Waals surface area contributed by atoms with Crippen LogP contribution in [0.1, 0.15) is 12.5 Å². The third-order valence-corrected chi connectivity index (χ3v) is 5.56. The number of H-pyrrole nitrogens is 1. The molecule has 1 aromatic heterocycles. The number of aromatic amines is 1. The van der Waals surface area contributed by atoms with Gasteiger partial charge >= 0.3 is 0 Å². The summed E-state index contributed by atoms with van der Waals surface area (Å²) in [5, 5.41) is 0.987. The molecule has 1 heterocycles. The van der Waals surface area contributed by atoms with Crippen molar-refractivity contribution in [3.05, 3.63) is 71.1 Å². The molecule has 0 unspecified atom stereocenters. The van der Waals surface area contributed by atoms with E-state index in [1.165, 1.54) is 24.4 Å². The van der Waals surface area contributed by atoms with Crippen molar-refractivity contribution in [2.24, 2.45) is 0 Å². The Balaban J connectivity index is 0.000000500. The molecule has 0 amide bonds. The van der Waals surface area contributed by atoms with Crippen LogP contribution in [0.25, 0.3) is 17.0 Å². The molecule has 8 heteroatoms. The lowest BCUT2D eigenvalue weighted by Crippen LogP contribution is -2.03. The number of aromatic nitrogens is 1. The summed E-state index contributed by atoms with van der Waals surface area (Å²) in [5.74, 6) is -0.635. The van der Waals surface area contributed by atoms with E-state index in [4.69, 9.17) is 11.6 Å². The molecule has 0 aliphatic carbocycles. The second kappa shape index (κ2) is 10.1. The van der Waals surface area contributed by atoms with Gasteiger partial charge in [-0.2, -0.15) is 0 Å². The Hall–Kier alpha value is -2.64. The summed E-state index contributed by atoms with van der Waals surface area (Å²) in [6.07, 6.45) is 4.68. The van der Waals surface area contributed by atoms with Gasteiger partial charge in [0.25, 0.3) is 6.47 Å². The lowest BCUT2D eigenvalue weighted by molar-refractivity contribution is -0.128. The molecule has 0 atom stereocenters. The summed E-state index contributed by atoms with van der Waals surface area (Å²) < 4.78 is 42.4. The molecule has 5 nitrogen and oxygen atoms in total. The van der Waals surface area contributed by atoms with Gasteiger partial charge in [0.1, 0.15) is 5.82 Å². The van der Waals surface area contributed by atoms with Gasteiger partial charge in [0.05, 0.1) is 17.3 Å². The van der Waals surface area contributed by atoms with Crippen molar-refractivity contribution < 1.29 is 22.3 Å². The Morgan fingerprint density at radius 3 is 2.50 bits per heavy atom. The molecule has 0 radical (unpaired) electrons. The Labute approximate surface area is 167 Å². The van der Waals surface area contributed by atoms with Crippen LogP contribution in [0.3, 0.4) is 0 Å². The average molecular weight is 424 g/mol. The number of hydrogen-bond donors (Lipinski definition) is 1. The molecule has 0 saturated heterocycles. The smallest absolute Gasteiger partial charge is 0.293 e. The van der Waals surface area contributed by atoms with Crippen LogP contribution in [0.5, 0.6) is 0 Å². The maximum Gasteiger partial charge on any atom is 0.293 e. The molecular weight excluding hydrogens is 405 g/mol. The highest BCUT2D eigenvalue weighted by Gasteiger charge is 2.18. The third kappa shape index (κ3) is 5.94. The minimum absolute atomic E-state index is 0.104. The van der Waals surface area contributed by atoms with E-state index in [-0.39, 0.29) is 10.6 Å². The van der Waals surface area contributed by atoms with Gasteiger partial charge in [-0.05, 0) is 42.8 Å². The number of halogens is 2. The predicted molar refractivity (Wildman–Crippen MR) is 108 cm³/mol. The van der Waals surface area contributed by atoms with E-state index in [0.717, 1.165) is 5.56 Å². The van der Waals surface area contributed by atoms with E-state index in [9.17, 15) is 17.6 Å². The number of fused-ring (bicyclic) bond motifs is 1. The van der Waals surface area contributed by atoms with Crippen LogP contribution in [0, 0.1) is 5.82 Å². The summed E-state index contributed by atoms with van der Waals surface area (Å²) in [7, 11) is -3.55. The zero-order chi connectivity index (χ0) is 20.6. The number of sulfone groups is 1. The van der Waals surface area contributed by atoms with Crippen LogP contribution < -0.4 is 0 Å². The van der Waals surface area contributed by atoms with Crippen molar-refractivity contribution in [2.45, 2.75) is 11.8 Å². The third-order valence-electron chi connectivity index (χ3n) is 3.67. The summed E-state index contributed by atoms with van der Waals surface area (Å²) >= 11 is 5.80. The number of ether oxygens (including phenoxy) is 1. The number of carbonyl (C=O) groups is 1. The largest absolute Gasteiger partial charge is 0.468 e. The predicted octanol–water partition coefficient (Wildman–Crippen LogP) is 4.63. The zero-order valence-electron chi connectivity index (χ0n) is 15.1. The standard InChI is InChI=1S/C17H13ClFNO2S.C3H6O2/c18-13-5-3-12(4-6-13)2-1-9-23(21,22)17-11-20-16-8-7-14(19)10-15(16)17;1-2-5-3-4/h1-8,10-11,20H,9H2;3H,2H2,1H3. The first-order valence-corrected chi connectivity index (χ1v) is 10.4. The normalized spacial score (nSPS) is 11.2. The number of nitrogens with one attached hydrogen (secondary N) is 1. The van der Waals surface area contributed by atoms with Crippen LogP contribution >= 0.6 is 11.6 Å². The van der Waals surface area contributed by atoms with Crippen LogP contribution in [0.4, 0.5) is 4.39 Å². The number of hydrogen-bond acceptors (Lipinski definition) is 4. The molecule has 0 fully saturated rings. The molecule has 148 valence electrons. The second-order valence-electron chi connectivity index (χ2n) is 5.63. The number of carbonyl (C=O) groups excluding carboxylic acids is 1. The molecular formula is C20H19ClFNO4S. The van der Waals surface area contributed by atoms with Crippen molar-refractivity contribution in [2.75, 3.05) is 12.4 Å². The monoisotopic (exact) mass is 423 g/mol. The van der Waals surface area contributed by atoms with Crippen LogP contribution in [0.2, 0.25) is 5.02 Å². The second-order valence-corrected chi connectivity index (χ2v) is 8.07. The van der Waals surface area contributed by atoms with Crippen molar-refractivity contribution in [3.8, 4) is 0 Å². The van der Waals surface area contributed by atoms with Crippen molar-refractivity contribution in [3.63, 3.8) is 0 Å². The van der Waals surface area contributed by atoms with Gasteiger partial charge < -0.3 is 9.72 Å². The molecule has 0 aliphatic heterocycles. The molecule has 0 bridgehead atoms. The number of rotatable bonds is 6. The molecule has 1 N–H and O–H groups in total. The molecule has 0 spiro atoms.